The molecule has 2 aromatic carbocycles. The largest absolute Gasteiger partial charge is 0.489 e. The molecule has 2 aliphatic rings. The fraction of sp³-hybridized carbons (Fsp3) is 0.292. The van der Waals surface area contributed by atoms with E-state index in [1.54, 1.807) is 23.1 Å². The van der Waals surface area contributed by atoms with Gasteiger partial charge in [-0.3, -0.25) is 9.69 Å². The summed E-state index contributed by atoms with van der Waals surface area (Å²) in [7, 11) is 0. The third-order valence-corrected chi connectivity index (χ3v) is 6.05. The fourth-order valence-electron chi connectivity index (χ4n) is 3.98. The van der Waals surface area contributed by atoms with Gasteiger partial charge in [-0.05, 0) is 24.3 Å². The van der Waals surface area contributed by atoms with E-state index in [0.717, 1.165) is 13.1 Å². The maximum atomic E-state index is 13.5. The molecule has 0 saturated carbocycles. The first kappa shape index (κ1) is 22.5. The van der Waals surface area contributed by atoms with Crippen molar-refractivity contribution in [3.8, 4) is 5.75 Å². The minimum Gasteiger partial charge on any atom is -0.489 e. The summed E-state index contributed by atoms with van der Waals surface area (Å²) in [6.45, 7) is 4.68. The maximum Gasteiger partial charge on any atom is 0.250 e. The topological polar surface area (TPSA) is 79.8 Å². The number of rotatable bonds is 5. The molecule has 8 nitrogen and oxygen atoms in total. The van der Waals surface area contributed by atoms with Gasteiger partial charge in [-0.2, -0.15) is 0 Å². The van der Waals surface area contributed by atoms with Gasteiger partial charge in [-0.25, -0.2) is 14.4 Å². The minimum absolute atomic E-state index is 0.00905. The van der Waals surface area contributed by atoms with Crippen LogP contribution in [0.15, 0.2) is 48.8 Å². The number of aromatic nitrogens is 2. The SMILES string of the molecule is O=C(/C=C/CN1CCOCC1)N1CCOc2cc3ncnc(Nc4ccc(F)c(Cl)c4)c3cc21. The summed E-state index contributed by atoms with van der Waals surface area (Å²) < 4.78 is 24.7. The Bertz CT molecular complexity index is 1250. The van der Waals surface area contributed by atoms with E-state index in [-0.39, 0.29) is 10.9 Å². The third-order valence-electron chi connectivity index (χ3n) is 5.76. The summed E-state index contributed by atoms with van der Waals surface area (Å²) in [5, 5.41) is 3.87. The zero-order valence-electron chi connectivity index (χ0n) is 18.3. The van der Waals surface area contributed by atoms with Gasteiger partial charge in [0.2, 0.25) is 0 Å². The van der Waals surface area contributed by atoms with Gasteiger partial charge in [-0.15, -0.1) is 0 Å². The molecular weight excluding hydrogens is 461 g/mol. The van der Waals surface area contributed by atoms with E-state index in [4.69, 9.17) is 21.1 Å². The molecule has 1 N–H and O–H groups in total. The number of hydrogen-bond acceptors (Lipinski definition) is 7. The Labute approximate surface area is 200 Å². The number of morpholine rings is 1. The molecule has 0 radical (unpaired) electrons. The molecule has 176 valence electrons. The molecule has 1 saturated heterocycles. The van der Waals surface area contributed by atoms with E-state index >= 15 is 0 Å². The molecule has 1 fully saturated rings. The average molecular weight is 484 g/mol. The predicted molar refractivity (Wildman–Crippen MR) is 128 cm³/mol. The highest BCUT2D eigenvalue weighted by Gasteiger charge is 2.24. The van der Waals surface area contributed by atoms with Crippen molar-refractivity contribution in [3.63, 3.8) is 0 Å². The number of nitrogens with zero attached hydrogens (tertiary/aromatic N) is 4. The molecule has 0 spiro atoms. The van der Waals surface area contributed by atoms with Crippen LogP contribution >= 0.6 is 11.6 Å². The van der Waals surface area contributed by atoms with Gasteiger partial charge in [0.15, 0.2) is 0 Å². The van der Waals surface area contributed by atoms with E-state index in [1.807, 2.05) is 12.1 Å². The fourth-order valence-corrected chi connectivity index (χ4v) is 4.16. The van der Waals surface area contributed by atoms with Crippen LogP contribution in [0, 0.1) is 5.82 Å². The summed E-state index contributed by atoms with van der Waals surface area (Å²) in [6.07, 6.45) is 4.93. The number of nitrogens with one attached hydrogen (secondary N) is 1. The van der Waals surface area contributed by atoms with Gasteiger partial charge in [0, 0.05) is 42.9 Å². The van der Waals surface area contributed by atoms with Crippen molar-refractivity contribution in [2.24, 2.45) is 0 Å². The van der Waals surface area contributed by atoms with E-state index in [9.17, 15) is 9.18 Å². The highest BCUT2D eigenvalue weighted by Crippen LogP contribution is 2.37. The lowest BCUT2D eigenvalue weighted by molar-refractivity contribution is -0.114. The Morgan fingerprint density at radius 3 is 2.82 bits per heavy atom. The Morgan fingerprint density at radius 2 is 2.00 bits per heavy atom. The number of fused-ring (bicyclic) bond motifs is 2. The zero-order chi connectivity index (χ0) is 23.5. The van der Waals surface area contributed by atoms with Crippen LogP contribution in [-0.2, 0) is 9.53 Å². The quantitative estimate of drug-likeness (QED) is 0.553. The number of carbonyl (C=O) groups is 1. The Hall–Kier alpha value is -3.27. The molecule has 34 heavy (non-hydrogen) atoms. The second-order valence-electron chi connectivity index (χ2n) is 7.97. The molecule has 3 aromatic rings. The third kappa shape index (κ3) is 4.82. The second kappa shape index (κ2) is 9.92. The molecule has 3 heterocycles. The van der Waals surface area contributed by atoms with E-state index < -0.39 is 5.82 Å². The molecule has 0 aliphatic carbocycles. The molecular formula is C24H23ClFN5O3. The van der Waals surface area contributed by atoms with Gasteiger partial charge in [0.1, 0.15) is 30.3 Å². The first-order chi connectivity index (χ1) is 16.6. The summed E-state index contributed by atoms with van der Waals surface area (Å²) in [6, 6.07) is 7.98. The molecule has 5 rings (SSSR count). The van der Waals surface area contributed by atoms with Crippen molar-refractivity contribution in [3.05, 3.63) is 59.7 Å². The van der Waals surface area contributed by atoms with Crippen molar-refractivity contribution in [1.29, 1.82) is 0 Å². The Kier molecular flexibility index (Phi) is 6.57. The maximum absolute atomic E-state index is 13.5. The number of halogens is 2. The first-order valence-corrected chi connectivity index (χ1v) is 11.4. The van der Waals surface area contributed by atoms with Crippen molar-refractivity contribution >= 4 is 45.6 Å². The smallest absolute Gasteiger partial charge is 0.250 e. The molecule has 0 bridgehead atoms. The summed E-state index contributed by atoms with van der Waals surface area (Å²) in [5.74, 6) is 0.482. The van der Waals surface area contributed by atoms with Crippen LogP contribution in [0.3, 0.4) is 0 Å². The lowest BCUT2D eigenvalue weighted by Crippen LogP contribution is -2.38. The highest BCUT2D eigenvalue weighted by atomic mass is 35.5. The molecule has 0 unspecified atom stereocenters. The molecule has 10 heteroatoms. The average Bonchev–Trinajstić information content (AvgIpc) is 2.85. The van der Waals surface area contributed by atoms with Crippen molar-refractivity contribution < 1.29 is 18.7 Å². The zero-order valence-corrected chi connectivity index (χ0v) is 19.1. The lowest BCUT2D eigenvalue weighted by atomic mass is 10.1. The lowest BCUT2D eigenvalue weighted by Gasteiger charge is -2.29. The van der Waals surface area contributed by atoms with Crippen LogP contribution in [0.4, 0.5) is 21.6 Å². The van der Waals surface area contributed by atoms with Crippen LogP contribution in [0.1, 0.15) is 0 Å². The van der Waals surface area contributed by atoms with Crippen LogP contribution in [0.5, 0.6) is 5.75 Å². The van der Waals surface area contributed by atoms with Crippen LogP contribution in [0.25, 0.3) is 10.9 Å². The normalized spacial score (nSPS) is 16.5. The highest BCUT2D eigenvalue weighted by molar-refractivity contribution is 6.31. The van der Waals surface area contributed by atoms with Crippen molar-refractivity contribution in [2.45, 2.75) is 0 Å². The van der Waals surface area contributed by atoms with Gasteiger partial charge in [-0.1, -0.05) is 17.7 Å². The molecule has 1 amide bonds. The summed E-state index contributed by atoms with van der Waals surface area (Å²) >= 11 is 5.91. The van der Waals surface area contributed by atoms with E-state index in [2.05, 4.69) is 20.2 Å². The predicted octanol–water partition coefficient (Wildman–Crippen LogP) is 3.78. The summed E-state index contributed by atoms with van der Waals surface area (Å²) in [5.41, 5.74) is 1.88. The minimum atomic E-state index is -0.498. The standard InChI is InChI=1S/C24H23ClFN5O3/c25-18-12-16(3-4-19(18)26)29-24-17-13-21-22(14-20(17)27-15-28-24)34-11-8-31(21)23(32)2-1-5-30-6-9-33-10-7-30/h1-4,12-15H,5-11H2,(H,27,28,29)/b2-1+. The number of carbonyl (C=O) groups excluding carboxylic acids is 1. The van der Waals surface area contributed by atoms with Crippen molar-refractivity contribution in [2.75, 3.05) is 56.2 Å². The first-order valence-electron chi connectivity index (χ1n) is 11.0. The van der Waals surface area contributed by atoms with Gasteiger partial charge >= 0.3 is 0 Å². The number of hydrogen-bond donors (Lipinski definition) is 1. The summed E-state index contributed by atoms with van der Waals surface area (Å²) in [4.78, 5) is 25.6. The van der Waals surface area contributed by atoms with Crippen LogP contribution in [-0.4, -0.2) is 66.8 Å². The monoisotopic (exact) mass is 483 g/mol. The molecule has 0 atom stereocenters. The van der Waals surface area contributed by atoms with E-state index in [0.29, 0.717) is 66.8 Å². The van der Waals surface area contributed by atoms with Gasteiger partial charge < -0.3 is 19.7 Å². The van der Waals surface area contributed by atoms with Crippen molar-refractivity contribution in [1.82, 2.24) is 14.9 Å². The van der Waals surface area contributed by atoms with Gasteiger partial charge in [0.25, 0.3) is 5.91 Å². The second-order valence-corrected chi connectivity index (χ2v) is 8.37. The van der Waals surface area contributed by atoms with Crippen LogP contribution < -0.4 is 15.0 Å². The number of amides is 1. The number of anilines is 3. The Balaban J connectivity index is 1.41. The molecule has 2 aliphatic heterocycles. The van der Waals surface area contributed by atoms with Crippen LogP contribution in [0.2, 0.25) is 5.02 Å². The molecule has 1 aromatic heterocycles. The van der Waals surface area contributed by atoms with E-state index in [1.165, 1.54) is 18.5 Å². The number of benzene rings is 2. The Morgan fingerprint density at radius 1 is 1.15 bits per heavy atom. The number of ether oxygens (including phenoxy) is 2. The van der Waals surface area contributed by atoms with Gasteiger partial charge in [0.05, 0.1) is 36.0 Å².